The van der Waals surface area contributed by atoms with Crippen molar-refractivity contribution in [1.29, 1.82) is 0 Å². The van der Waals surface area contributed by atoms with Gasteiger partial charge in [-0.1, -0.05) is 66.3 Å². The van der Waals surface area contributed by atoms with Gasteiger partial charge in [-0.05, 0) is 44.2 Å². The topological polar surface area (TPSA) is 76.7 Å². The molecule has 0 aliphatic heterocycles. The van der Waals surface area contributed by atoms with Crippen molar-refractivity contribution in [3.8, 4) is 11.1 Å². The quantitative estimate of drug-likeness (QED) is 0.359. The Bertz CT molecular complexity index is 1110. The van der Waals surface area contributed by atoms with Gasteiger partial charge in [-0.15, -0.1) is 0 Å². The van der Waals surface area contributed by atoms with E-state index in [2.05, 4.69) is 15.5 Å². The molecule has 0 bridgehead atoms. The summed E-state index contributed by atoms with van der Waals surface area (Å²) in [5.41, 5.74) is 2.12. The van der Waals surface area contributed by atoms with Crippen molar-refractivity contribution in [2.75, 3.05) is 6.26 Å². The van der Waals surface area contributed by atoms with E-state index < -0.39 is 11.7 Å². The summed E-state index contributed by atoms with van der Waals surface area (Å²) >= 11 is 1.24. The van der Waals surface area contributed by atoms with Crippen LogP contribution >= 0.6 is 11.8 Å². The standard InChI is InChI=1S/C24H26FN3O3S/c1-15(17-11-12-18(19(25)13-17)16-9-7-6-8-10-16)20-14-21(31-28-20)26-22(32-5)27-23(29)30-24(2,3)4/h6-15H,1-5H3,(H,26,27,29). The number of amides is 1. The summed E-state index contributed by atoms with van der Waals surface area (Å²) in [6.45, 7) is 7.25. The maximum absolute atomic E-state index is 14.8. The van der Waals surface area contributed by atoms with Crippen molar-refractivity contribution in [2.45, 2.75) is 39.2 Å². The van der Waals surface area contributed by atoms with Crippen molar-refractivity contribution in [3.05, 3.63) is 71.7 Å². The van der Waals surface area contributed by atoms with Gasteiger partial charge in [-0.25, -0.2) is 9.18 Å². The molecule has 3 rings (SSSR count). The highest BCUT2D eigenvalue weighted by molar-refractivity contribution is 8.13. The van der Waals surface area contributed by atoms with Gasteiger partial charge in [0.05, 0.1) is 5.69 Å². The van der Waals surface area contributed by atoms with E-state index in [1.165, 1.54) is 17.8 Å². The lowest BCUT2D eigenvalue weighted by atomic mass is 9.95. The number of halogens is 1. The number of thioether (sulfide) groups is 1. The van der Waals surface area contributed by atoms with E-state index in [1.807, 2.05) is 43.3 Å². The first-order valence-corrected chi connectivity index (χ1v) is 11.3. The van der Waals surface area contributed by atoms with Crippen LogP contribution in [0.2, 0.25) is 0 Å². The van der Waals surface area contributed by atoms with E-state index in [9.17, 15) is 9.18 Å². The fourth-order valence-electron chi connectivity index (χ4n) is 2.97. The number of nitrogens with zero attached hydrogens (tertiary/aromatic N) is 2. The predicted molar refractivity (Wildman–Crippen MR) is 126 cm³/mol. The zero-order valence-electron chi connectivity index (χ0n) is 18.7. The van der Waals surface area contributed by atoms with Gasteiger partial charge >= 0.3 is 6.09 Å². The van der Waals surface area contributed by atoms with Gasteiger partial charge in [-0.3, -0.25) is 5.32 Å². The lowest BCUT2D eigenvalue weighted by Gasteiger charge is -2.19. The Morgan fingerprint density at radius 2 is 1.91 bits per heavy atom. The second-order valence-electron chi connectivity index (χ2n) is 8.16. The Hall–Kier alpha value is -3.13. The van der Waals surface area contributed by atoms with Crippen LogP contribution in [0.4, 0.5) is 15.1 Å². The zero-order valence-corrected chi connectivity index (χ0v) is 19.5. The van der Waals surface area contributed by atoms with Crippen LogP contribution in [0.3, 0.4) is 0 Å². The van der Waals surface area contributed by atoms with E-state index in [0.717, 1.165) is 11.1 Å². The van der Waals surface area contributed by atoms with Crippen LogP contribution in [-0.2, 0) is 4.74 Å². The number of aliphatic imine (C=N–C) groups is 1. The summed E-state index contributed by atoms with van der Waals surface area (Å²) in [7, 11) is 0. The SMILES string of the molecule is CS/C(=N\c1cc(C(C)c2ccc(-c3ccccc3)c(F)c2)no1)NC(=O)OC(C)(C)C. The first kappa shape index (κ1) is 23.5. The van der Waals surface area contributed by atoms with Gasteiger partial charge in [0.2, 0.25) is 0 Å². The Balaban J connectivity index is 1.75. The fraction of sp³-hybridized carbons (Fsp3) is 0.292. The van der Waals surface area contributed by atoms with Gasteiger partial charge in [0, 0.05) is 17.5 Å². The van der Waals surface area contributed by atoms with E-state index in [-0.39, 0.29) is 17.6 Å². The molecule has 0 saturated carbocycles. The van der Waals surface area contributed by atoms with Crippen LogP contribution in [-0.4, -0.2) is 28.3 Å². The number of aromatic nitrogens is 1. The van der Waals surface area contributed by atoms with Crippen molar-refractivity contribution in [3.63, 3.8) is 0 Å². The molecule has 0 aliphatic carbocycles. The molecule has 1 aromatic heterocycles. The highest BCUT2D eigenvalue weighted by Gasteiger charge is 2.19. The molecule has 3 aromatic rings. The number of carbonyl (C=O) groups excluding carboxylic acids is 1. The fourth-order valence-corrected chi connectivity index (χ4v) is 3.34. The third-order valence-electron chi connectivity index (χ3n) is 4.55. The molecular weight excluding hydrogens is 429 g/mol. The molecule has 1 amide bonds. The first-order chi connectivity index (χ1) is 15.2. The highest BCUT2D eigenvalue weighted by atomic mass is 32.2. The molecule has 32 heavy (non-hydrogen) atoms. The summed E-state index contributed by atoms with van der Waals surface area (Å²) in [4.78, 5) is 16.2. The second-order valence-corrected chi connectivity index (χ2v) is 8.96. The van der Waals surface area contributed by atoms with Crippen LogP contribution < -0.4 is 5.32 Å². The molecule has 2 aromatic carbocycles. The third-order valence-corrected chi connectivity index (χ3v) is 5.13. The number of hydrogen-bond acceptors (Lipinski definition) is 6. The maximum Gasteiger partial charge on any atom is 0.413 e. The Morgan fingerprint density at radius 3 is 2.53 bits per heavy atom. The molecule has 1 atom stereocenters. The summed E-state index contributed by atoms with van der Waals surface area (Å²) in [6, 6.07) is 16.2. The molecule has 0 aliphatic rings. The summed E-state index contributed by atoms with van der Waals surface area (Å²) < 4.78 is 25.3. The highest BCUT2D eigenvalue weighted by Crippen LogP contribution is 2.30. The minimum Gasteiger partial charge on any atom is -0.444 e. The molecule has 0 saturated heterocycles. The average molecular weight is 456 g/mol. The number of carbonyl (C=O) groups is 1. The van der Waals surface area contributed by atoms with Crippen LogP contribution in [0.1, 0.15) is 44.9 Å². The molecule has 6 nitrogen and oxygen atoms in total. The van der Waals surface area contributed by atoms with Crippen molar-refractivity contribution >= 4 is 28.9 Å². The van der Waals surface area contributed by atoms with Gasteiger partial charge in [0.15, 0.2) is 5.17 Å². The minimum atomic E-state index is -0.617. The number of rotatable bonds is 4. The summed E-state index contributed by atoms with van der Waals surface area (Å²) in [6.07, 6.45) is 1.17. The van der Waals surface area contributed by atoms with Crippen LogP contribution in [0.25, 0.3) is 11.1 Å². The van der Waals surface area contributed by atoms with E-state index in [1.54, 1.807) is 39.2 Å². The van der Waals surface area contributed by atoms with Crippen molar-refractivity contribution in [1.82, 2.24) is 10.5 Å². The van der Waals surface area contributed by atoms with E-state index in [4.69, 9.17) is 9.26 Å². The first-order valence-electron chi connectivity index (χ1n) is 10.1. The molecule has 1 unspecified atom stereocenters. The van der Waals surface area contributed by atoms with Gasteiger partial charge in [0.1, 0.15) is 11.4 Å². The number of nitrogens with one attached hydrogen (secondary N) is 1. The Kier molecular flexibility index (Phi) is 7.35. The predicted octanol–water partition coefficient (Wildman–Crippen LogP) is 6.51. The van der Waals surface area contributed by atoms with E-state index >= 15 is 0 Å². The number of benzene rings is 2. The second kappa shape index (κ2) is 9.99. The average Bonchev–Trinajstić information content (AvgIpc) is 3.20. The van der Waals surface area contributed by atoms with Gasteiger partial charge in [-0.2, -0.15) is 4.99 Å². The molecule has 168 valence electrons. The molecule has 1 N–H and O–H groups in total. The summed E-state index contributed by atoms with van der Waals surface area (Å²) in [5.74, 6) is -0.277. The van der Waals surface area contributed by atoms with Crippen LogP contribution in [0, 0.1) is 5.82 Å². The molecule has 8 heteroatoms. The van der Waals surface area contributed by atoms with Crippen LogP contribution in [0.15, 0.2) is 64.1 Å². The normalized spacial score (nSPS) is 13.0. The summed E-state index contributed by atoms with van der Waals surface area (Å²) in [5, 5.41) is 6.97. The largest absolute Gasteiger partial charge is 0.444 e. The smallest absolute Gasteiger partial charge is 0.413 e. The molecule has 0 radical (unpaired) electrons. The number of amidine groups is 1. The Labute approximate surface area is 191 Å². The maximum atomic E-state index is 14.8. The number of hydrogen-bond donors (Lipinski definition) is 1. The van der Waals surface area contributed by atoms with Gasteiger partial charge in [0.25, 0.3) is 5.88 Å². The molecule has 0 spiro atoms. The lowest BCUT2D eigenvalue weighted by molar-refractivity contribution is 0.0564. The van der Waals surface area contributed by atoms with Crippen molar-refractivity contribution in [2.24, 2.45) is 4.99 Å². The number of ether oxygens (including phenoxy) is 1. The molecule has 0 fully saturated rings. The third kappa shape index (κ3) is 6.20. The molecular formula is C24H26FN3O3S. The van der Waals surface area contributed by atoms with Gasteiger partial charge < -0.3 is 9.26 Å². The zero-order chi connectivity index (χ0) is 23.3. The molecule has 1 heterocycles. The van der Waals surface area contributed by atoms with Crippen LogP contribution in [0.5, 0.6) is 0 Å². The van der Waals surface area contributed by atoms with Crippen molar-refractivity contribution < 1.29 is 18.4 Å². The minimum absolute atomic E-state index is 0.210. The lowest BCUT2D eigenvalue weighted by Crippen LogP contribution is -2.35. The monoisotopic (exact) mass is 455 g/mol. The number of alkyl carbamates (subject to hydrolysis) is 1. The van der Waals surface area contributed by atoms with E-state index in [0.29, 0.717) is 16.4 Å². The Morgan fingerprint density at radius 1 is 1.19 bits per heavy atom.